The third-order valence-corrected chi connectivity index (χ3v) is 2.26. The predicted octanol–water partition coefficient (Wildman–Crippen LogP) is 1.76. The molecule has 1 amide bonds. The van der Waals surface area contributed by atoms with Gasteiger partial charge in [-0.25, -0.2) is 0 Å². The average Bonchev–Trinajstić information content (AvgIpc) is 2.24. The summed E-state index contributed by atoms with van der Waals surface area (Å²) in [7, 11) is 0. The molecule has 0 atom stereocenters. The van der Waals surface area contributed by atoms with Crippen LogP contribution in [0.4, 0.5) is 5.69 Å². The van der Waals surface area contributed by atoms with E-state index in [9.17, 15) is 9.59 Å². The number of Topliss-reactive ketones (excluding diaryl/α,β-unsaturated/α-hetero) is 1. The molecule has 104 valence electrons. The van der Waals surface area contributed by atoms with E-state index in [-0.39, 0.29) is 23.8 Å². The molecule has 0 heterocycles. The van der Waals surface area contributed by atoms with Crippen molar-refractivity contribution in [3.05, 3.63) is 23.8 Å². The summed E-state index contributed by atoms with van der Waals surface area (Å²) in [5, 5.41) is 2.78. The highest BCUT2D eigenvalue weighted by Crippen LogP contribution is 2.21. The van der Waals surface area contributed by atoms with Crippen molar-refractivity contribution in [2.75, 3.05) is 12.3 Å². The van der Waals surface area contributed by atoms with Gasteiger partial charge >= 0.3 is 0 Å². The SMILES string of the molecule is CC(=O)c1cc(N)ccc1OCC(=O)NC(C)(C)C. The Kier molecular flexibility index (Phi) is 4.53. The number of rotatable bonds is 4. The molecule has 5 nitrogen and oxygen atoms in total. The highest BCUT2D eigenvalue weighted by Gasteiger charge is 2.15. The van der Waals surface area contributed by atoms with Crippen LogP contribution >= 0.6 is 0 Å². The Morgan fingerprint density at radius 3 is 2.47 bits per heavy atom. The molecule has 0 spiro atoms. The van der Waals surface area contributed by atoms with Crippen LogP contribution in [0.25, 0.3) is 0 Å². The van der Waals surface area contributed by atoms with Crippen LogP contribution in [0.5, 0.6) is 5.75 Å². The van der Waals surface area contributed by atoms with Gasteiger partial charge in [0.1, 0.15) is 5.75 Å². The van der Waals surface area contributed by atoms with Crippen LogP contribution in [0, 0.1) is 0 Å². The number of nitrogens with two attached hydrogens (primary N) is 1. The lowest BCUT2D eigenvalue weighted by molar-refractivity contribution is -0.124. The van der Waals surface area contributed by atoms with Gasteiger partial charge in [0, 0.05) is 11.2 Å². The molecular weight excluding hydrogens is 244 g/mol. The molecule has 0 aliphatic rings. The maximum Gasteiger partial charge on any atom is 0.258 e. The first-order valence-corrected chi connectivity index (χ1v) is 6.03. The fraction of sp³-hybridized carbons (Fsp3) is 0.429. The first-order chi connectivity index (χ1) is 8.69. The molecule has 1 rings (SSSR count). The van der Waals surface area contributed by atoms with E-state index >= 15 is 0 Å². The van der Waals surface area contributed by atoms with Crippen molar-refractivity contribution >= 4 is 17.4 Å². The van der Waals surface area contributed by atoms with E-state index < -0.39 is 0 Å². The molecule has 3 N–H and O–H groups in total. The highest BCUT2D eigenvalue weighted by atomic mass is 16.5. The molecular formula is C14H20N2O3. The molecule has 19 heavy (non-hydrogen) atoms. The van der Waals surface area contributed by atoms with Gasteiger partial charge in [-0.05, 0) is 45.9 Å². The quantitative estimate of drug-likeness (QED) is 0.641. The predicted molar refractivity (Wildman–Crippen MR) is 74.2 cm³/mol. The zero-order valence-corrected chi connectivity index (χ0v) is 11.7. The van der Waals surface area contributed by atoms with E-state index in [0.29, 0.717) is 17.0 Å². The number of hydrogen-bond acceptors (Lipinski definition) is 4. The molecule has 0 saturated heterocycles. The van der Waals surface area contributed by atoms with Gasteiger partial charge in [-0.1, -0.05) is 0 Å². The number of anilines is 1. The van der Waals surface area contributed by atoms with Gasteiger partial charge in [0.2, 0.25) is 0 Å². The van der Waals surface area contributed by atoms with Crippen LogP contribution < -0.4 is 15.8 Å². The molecule has 0 aliphatic heterocycles. The Bertz CT molecular complexity index is 490. The lowest BCUT2D eigenvalue weighted by Crippen LogP contribution is -2.43. The minimum Gasteiger partial charge on any atom is -0.483 e. The summed E-state index contributed by atoms with van der Waals surface area (Å²) in [6, 6.07) is 4.76. The Morgan fingerprint density at radius 2 is 1.95 bits per heavy atom. The molecule has 0 radical (unpaired) electrons. The van der Waals surface area contributed by atoms with Gasteiger partial charge < -0.3 is 15.8 Å². The van der Waals surface area contributed by atoms with Crippen LogP contribution in [0.3, 0.4) is 0 Å². The molecule has 0 unspecified atom stereocenters. The molecule has 5 heteroatoms. The third kappa shape index (κ3) is 4.99. The summed E-state index contributed by atoms with van der Waals surface area (Å²) < 4.78 is 5.37. The third-order valence-electron chi connectivity index (χ3n) is 2.26. The second-order valence-electron chi connectivity index (χ2n) is 5.40. The number of hydrogen-bond donors (Lipinski definition) is 2. The summed E-state index contributed by atoms with van der Waals surface area (Å²) >= 11 is 0. The molecule has 0 bridgehead atoms. The highest BCUT2D eigenvalue weighted by molar-refractivity contribution is 5.97. The van der Waals surface area contributed by atoms with Crippen LogP contribution in [-0.2, 0) is 4.79 Å². The van der Waals surface area contributed by atoms with Crippen molar-refractivity contribution in [1.82, 2.24) is 5.32 Å². The zero-order valence-electron chi connectivity index (χ0n) is 11.7. The maximum atomic E-state index is 11.6. The topological polar surface area (TPSA) is 81.4 Å². The second-order valence-corrected chi connectivity index (χ2v) is 5.40. The van der Waals surface area contributed by atoms with Crippen LogP contribution in [-0.4, -0.2) is 23.8 Å². The smallest absolute Gasteiger partial charge is 0.258 e. The summed E-state index contributed by atoms with van der Waals surface area (Å²) in [6.07, 6.45) is 0. The minimum atomic E-state index is -0.315. The summed E-state index contributed by atoms with van der Waals surface area (Å²) in [5.41, 5.74) is 6.16. The van der Waals surface area contributed by atoms with Crippen molar-refractivity contribution in [2.24, 2.45) is 0 Å². The van der Waals surface area contributed by atoms with Crippen molar-refractivity contribution in [1.29, 1.82) is 0 Å². The van der Waals surface area contributed by atoms with Crippen molar-refractivity contribution in [2.45, 2.75) is 33.2 Å². The first-order valence-electron chi connectivity index (χ1n) is 6.03. The second kappa shape index (κ2) is 5.73. The van der Waals surface area contributed by atoms with Gasteiger partial charge in [0.05, 0.1) is 5.56 Å². The lowest BCUT2D eigenvalue weighted by atomic mass is 10.1. The van der Waals surface area contributed by atoms with Gasteiger partial charge in [-0.2, -0.15) is 0 Å². The van der Waals surface area contributed by atoms with Gasteiger partial charge in [-0.15, -0.1) is 0 Å². The fourth-order valence-corrected chi connectivity index (χ4v) is 1.55. The first kappa shape index (κ1) is 15.0. The molecule has 0 aromatic heterocycles. The van der Waals surface area contributed by atoms with E-state index in [2.05, 4.69) is 5.32 Å². The Labute approximate surface area is 113 Å². The standard InChI is InChI=1S/C14H20N2O3/c1-9(17)11-7-10(15)5-6-12(11)19-8-13(18)16-14(2,3)4/h5-7H,8,15H2,1-4H3,(H,16,18). The van der Waals surface area contributed by atoms with E-state index in [4.69, 9.17) is 10.5 Å². The number of ether oxygens (including phenoxy) is 1. The van der Waals surface area contributed by atoms with Crippen LogP contribution in [0.1, 0.15) is 38.1 Å². The van der Waals surface area contributed by atoms with Crippen molar-refractivity contribution in [3.8, 4) is 5.75 Å². The maximum absolute atomic E-state index is 11.6. The largest absolute Gasteiger partial charge is 0.483 e. The molecule has 0 saturated carbocycles. The normalized spacial score (nSPS) is 10.9. The molecule has 0 aliphatic carbocycles. The van der Waals surface area contributed by atoms with Gasteiger partial charge in [0.15, 0.2) is 12.4 Å². The van der Waals surface area contributed by atoms with E-state index in [1.807, 2.05) is 20.8 Å². The number of nitrogens with one attached hydrogen (secondary N) is 1. The number of carbonyl (C=O) groups excluding carboxylic acids is 2. The summed E-state index contributed by atoms with van der Waals surface area (Å²) in [5.74, 6) is -0.0249. The number of ketones is 1. The minimum absolute atomic E-state index is 0.137. The zero-order chi connectivity index (χ0) is 14.6. The van der Waals surface area contributed by atoms with E-state index in [1.54, 1.807) is 18.2 Å². The Morgan fingerprint density at radius 1 is 1.32 bits per heavy atom. The van der Waals surface area contributed by atoms with Crippen LogP contribution in [0.2, 0.25) is 0 Å². The van der Waals surface area contributed by atoms with Gasteiger partial charge in [0.25, 0.3) is 5.91 Å². The number of benzene rings is 1. The Hall–Kier alpha value is -2.04. The Balaban J connectivity index is 2.73. The summed E-state index contributed by atoms with van der Waals surface area (Å²) in [4.78, 5) is 23.1. The average molecular weight is 264 g/mol. The van der Waals surface area contributed by atoms with Gasteiger partial charge in [-0.3, -0.25) is 9.59 Å². The summed E-state index contributed by atoms with van der Waals surface area (Å²) in [6.45, 7) is 6.94. The molecule has 1 aromatic rings. The van der Waals surface area contributed by atoms with Crippen molar-refractivity contribution in [3.63, 3.8) is 0 Å². The number of carbonyl (C=O) groups is 2. The van der Waals surface area contributed by atoms with E-state index in [0.717, 1.165) is 0 Å². The monoisotopic (exact) mass is 264 g/mol. The molecule has 1 aromatic carbocycles. The fourth-order valence-electron chi connectivity index (χ4n) is 1.55. The lowest BCUT2D eigenvalue weighted by Gasteiger charge is -2.20. The molecule has 0 fully saturated rings. The number of amides is 1. The van der Waals surface area contributed by atoms with Crippen LogP contribution in [0.15, 0.2) is 18.2 Å². The number of nitrogen functional groups attached to an aromatic ring is 1. The van der Waals surface area contributed by atoms with E-state index in [1.165, 1.54) is 6.92 Å². The van der Waals surface area contributed by atoms with Crippen molar-refractivity contribution < 1.29 is 14.3 Å².